The van der Waals surface area contributed by atoms with E-state index in [1.54, 1.807) is 23.5 Å². The van der Waals surface area contributed by atoms with Crippen molar-refractivity contribution in [3.63, 3.8) is 0 Å². The third-order valence-electron chi connectivity index (χ3n) is 2.82. The summed E-state index contributed by atoms with van der Waals surface area (Å²) in [5.74, 6) is 0.613. The zero-order valence-corrected chi connectivity index (χ0v) is 9.97. The highest BCUT2D eigenvalue weighted by Crippen LogP contribution is 2.29. The van der Waals surface area contributed by atoms with E-state index in [-0.39, 0.29) is 11.9 Å². The molecule has 1 aromatic carbocycles. The summed E-state index contributed by atoms with van der Waals surface area (Å²) < 4.78 is 18.8. The van der Waals surface area contributed by atoms with Crippen LogP contribution in [-0.4, -0.2) is 12.6 Å². The molecule has 0 bridgehead atoms. The molecule has 0 radical (unpaired) electrons. The highest BCUT2D eigenvalue weighted by molar-refractivity contribution is 7.08. The standard InChI is InChI=1S/C13H12FNOS/c14-10-1-2-13-9(5-10)6-12(16-13)7-15-11-3-4-17-8-11/h1-5,8,12,15H,6-7H2. The number of anilines is 1. The van der Waals surface area contributed by atoms with Crippen LogP contribution in [0, 0.1) is 5.82 Å². The summed E-state index contributed by atoms with van der Waals surface area (Å²) in [4.78, 5) is 0. The van der Waals surface area contributed by atoms with Crippen LogP contribution in [0.25, 0.3) is 0 Å². The molecule has 0 aliphatic carbocycles. The molecule has 2 heterocycles. The second-order valence-corrected chi connectivity index (χ2v) is 4.87. The second-order valence-electron chi connectivity index (χ2n) is 4.09. The van der Waals surface area contributed by atoms with Crippen molar-refractivity contribution >= 4 is 17.0 Å². The van der Waals surface area contributed by atoms with Crippen LogP contribution in [0.5, 0.6) is 5.75 Å². The summed E-state index contributed by atoms with van der Waals surface area (Å²) >= 11 is 1.66. The lowest BCUT2D eigenvalue weighted by atomic mass is 10.1. The van der Waals surface area contributed by atoms with Gasteiger partial charge >= 0.3 is 0 Å². The van der Waals surface area contributed by atoms with E-state index in [2.05, 4.69) is 10.7 Å². The molecule has 0 amide bonds. The van der Waals surface area contributed by atoms with Crippen LogP contribution >= 0.6 is 11.3 Å². The van der Waals surface area contributed by atoms with Crippen molar-refractivity contribution in [2.24, 2.45) is 0 Å². The number of halogens is 1. The number of hydrogen-bond donors (Lipinski definition) is 1. The summed E-state index contributed by atoms with van der Waals surface area (Å²) in [6.45, 7) is 0.743. The number of benzene rings is 1. The molecule has 0 spiro atoms. The quantitative estimate of drug-likeness (QED) is 0.901. The van der Waals surface area contributed by atoms with Gasteiger partial charge < -0.3 is 10.1 Å². The smallest absolute Gasteiger partial charge is 0.123 e. The van der Waals surface area contributed by atoms with E-state index >= 15 is 0 Å². The Hall–Kier alpha value is -1.55. The van der Waals surface area contributed by atoms with Crippen LogP contribution in [0.15, 0.2) is 35.0 Å². The molecule has 1 atom stereocenters. The van der Waals surface area contributed by atoms with Gasteiger partial charge in [-0.3, -0.25) is 0 Å². The molecule has 1 N–H and O–H groups in total. The second kappa shape index (κ2) is 4.37. The molecule has 4 heteroatoms. The normalized spacial score (nSPS) is 17.6. The fourth-order valence-corrected chi connectivity index (χ4v) is 2.61. The molecule has 1 aliphatic rings. The summed E-state index contributed by atoms with van der Waals surface area (Å²) in [5, 5.41) is 7.39. The molecule has 1 aromatic heterocycles. The van der Waals surface area contributed by atoms with E-state index in [1.807, 2.05) is 11.4 Å². The van der Waals surface area contributed by atoms with Gasteiger partial charge in [-0.2, -0.15) is 11.3 Å². The monoisotopic (exact) mass is 249 g/mol. The minimum absolute atomic E-state index is 0.0895. The fourth-order valence-electron chi connectivity index (χ4n) is 2.00. The summed E-state index contributed by atoms with van der Waals surface area (Å²) in [6, 6.07) is 6.73. The molecular formula is C13H12FNOS. The lowest BCUT2D eigenvalue weighted by Crippen LogP contribution is -2.23. The van der Waals surface area contributed by atoms with Gasteiger partial charge in [0.05, 0.1) is 6.54 Å². The lowest BCUT2D eigenvalue weighted by Gasteiger charge is -2.11. The van der Waals surface area contributed by atoms with Gasteiger partial charge in [0.2, 0.25) is 0 Å². The van der Waals surface area contributed by atoms with Crippen LogP contribution in [-0.2, 0) is 6.42 Å². The van der Waals surface area contributed by atoms with E-state index in [1.165, 1.54) is 6.07 Å². The molecule has 1 unspecified atom stereocenters. The Morgan fingerprint density at radius 1 is 1.41 bits per heavy atom. The number of ether oxygens (including phenoxy) is 1. The van der Waals surface area contributed by atoms with Crippen LogP contribution in [0.4, 0.5) is 10.1 Å². The Bertz CT molecular complexity index is 512. The van der Waals surface area contributed by atoms with Crippen molar-refractivity contribution in [1.29, 1.82) is 0 Å². The average Bonchev–Trinajstić information content (AvgIpc) is 2.94. The number of thiophene rings is 1. The Morgan fingerprint density at radius 2 is 2.35 bits per heavy atom. The molecule has 2 nitrogen and oxygen atoms in total. The molecule has 88 valence electrons. The van der Waals surface area contributed by atoms with E-state index in [0.29, 0.717) is 0 Å². The predicted molar refractivity (Wildman–Crippen MR) is 67.3 cm³/mol. The van der Waals surface area contributed by atoms with Crippen LogP contribution in [0.1, 0.15) is 5.56 Å². The molecule has 0 saturated heterocycles. The van der Waals surface area contributed by atoms with Crippen LogP contribution in [0.2, 0.25) is 0 Å². The van der Waals surface area contributed by atoms with Gasteiger partial charge in [0.15, 0.2) is 0 Å². The fraction of sp³-hybridized carbons (Fsp3) is 0.231. The SMILES string of the molecule is Fc1ccc2c(c1)CC(CNc1ccsc1)O2. The first-order chi connectivity index (χ1) is 8.31. The summed E-state index contributed by atoms with van der Waals surface area (Å²) in [6.07, 6.45) is 0.858. The maximum atomic E-state index is 13.0. The maximum absolute atomic E-state index is 13.0. The third-order valence-corrected chi connectivity index (χ3v) is 3.50. The van der Waals surface area contributed by atoms with Gasteiger partial charge in [0, 0.05) is 23.1 Å². The number of hydrogen-bond acceptors (Lipinski definition) is 3. The molecule has 0 saturated carbocycles. The van der Waals surface area contributed by atoms with Gasteiger partial charge in [-0.1, -0.05) is 0 Å². The van der Waals surface area contributed by atoms with Crippen molar-refractivity contribution < 1.29 is 9.13 Å². The van der Waals surface area contributed by atoms with Crippen molar-refractivity contribution in [3.05, 3.63) is 46.4 Å². The van der Waals surface area contributed by atoms with E-state index < -0.39 is 0 Å². The van der Waals surface area contributed by atoms with Gasteiger partial charge in [-0.05, 0) is 29.6 Å². The largest absolute Gasteiger partial charge is 0.488 e. The minimum Gasteiger partial charge on any atom is -0.488 e. The first-order valence-corrected chi connectivity index (χ1v) is 6.47. The first-order valence-electron chi connectivity index (χ1n) is 5.52. The van der Waals surface area contributed by atoms with Crippen molar-refractivity contribution in [2.45, 2.75) is 12.5 Å². The van der Waals surface area contributed by atoms with Crippen LogP contribution < -0.4 is 10.1 Å². The van der Waals surface area contributed by atoms with Crippen molar-refractivity contribution in [2.75, 3.05) is 11.9 Å². The van der Waals surface area contributed by atoms with E-state index in [0.717, 1.165) is 30.0 Å². The van der Waals surface area contributed by atoms with Gasteiger partial charge in [0.25, 0.3) is 0 Å². The number of fused-ring (bicyclic) bond motifs is 1. The molecule has 3 rings (SSSR count). The zero-order valence-electron chi connectivity index (χ0n) is 9.15. The van der Waals surface area contributed by atoms with Gasteiger partial charge in [0.1, 0.15) is 17.7 Å². The third kappa shape index (κ3) is 2.26. The van der Waals surface area contributed by atoms with Crippen LogP contribution in [0.3, 0.4) is 0 Å². The van der Waals surface area contributed by atoms with Gasteiger partial charge in [-0.15, -0.1) is 0 Å². The number of rotatable bonds is 3. The highest BCUT2D eigenvalue weighted by atomic mass is 32.1. The average molecular weight is 249 g/mol. The Kier molecular flexibility index (Phi) is 2.73. The Labute approximate surface area is 103 Å². The molecule has 1 aliphatic heterocycles. The van der Waals surface area contributed by atoms with E-state index in [4.69, 9.17) is 4.74 Å². The minimum atomic E-state index is -0.196. The van der Waals surface area contributed by atoms with Gasteiger partial charge in [-0.25, -0.2) is 4.39 Å². The summed E-state index contributed by atoms with van der Waals surface area (Å²) in [5.41, 5.74) is 2.07. The topological polar surface area (TPSA) is 21.3 Å². The molecule has 17 heavy (non-hydrogen) atoms. The first kappa shape index (κ1) is 10.6. The Morgan fingerprint density at radius 3 is 3.18 bits per heavy atom. The van der Waals surface area contributed by atoms with Crippen molar-refractivity contribution in [1.82, 2.24) is 0 Å². The highest BCUT2D eigenvalue weighted by Gasteiger charge is 2.22. The lowest BCUT2D eigenvalue weighted by molar-refractivity contribution is 0.246. The predicted octanol–water partition coefficient (Wildman–Crippen LogP) is 3.30. The number of nitrogens with one attached hydrogen (secondary N) is 1. The zero-order chi connectivity index (χ0) is 11.7. The molecule has 2 aromatic rings. The maximum Gasteiger partial charge on any atom is 0.123 e. The molecule has 0 fully saturated rings. The van der Waals surface area contributed by atoms with E-state index in [9.17, 15) is 4.39 Å². The Balaban J connectivity index is 1.62. The molecular weight excluding hydrogens is 237 g/mol. The van der Waals surface area contributed by atoms with Crippen molar-refractivity contribution in [3.8, 4) is 5.75 Å². The summed E-state index contributed by atoms with van der Waals surface area (Å²) in [7, 11) is 0.